The number of hydrogen-bond acceptors (Lipinski definition) is 4. The molecule has 1 N–H and O–H groups in total. The van der Waals surface area contributed by atoms with Crippen LogP contribution in [0.25, 0.3) is 0 Å². The number of sulfonamides is 1. The van der Waals surface area contributed by atoms with E-state index in [4.69, 9.17) is 4.74 Å². The van der Waals surface area contributed by atoms with Gasteiger partial charge >= 0.3 is 0 Å². The van der Waals surface area contributed by atoms with E-state index in [-0.39, 0.29) is 12.1 Å². The van der Waals surface area contributed by atoms with Gasteiger partial charge < -0.3 is 4.74 Å². The molecule has 1 fully saturated rings. The number of aromatic amines is 1. The lowest BCUT2D eigenvalue weighted by atomic mass is 10.2. The average Bonchev–Trinajstić information content (AvgIpc) is 2.62. The molecule has 0 saturated carbocycles. The number of aromatic nitrogens is 2. The van der Waals surface area contributed by atoms with E-state index in [1.807, 2.05) is 13.8 Å². The second-order valence-corrected chi connectivity index (χ2v) is 6.66. The Balaban J connectivity index is 2.42. The van der Waals surface area contributed by atoms with Gasteiger partial charge in [-0.05, 0) is 27.7 Å². The fourth-order valence-corrected chi connectivity index (χ4v) is 4.27. The number of nitrogens with zero attached hydrogens (tertiary/aromatic N) is 2. The minimum atomic E-state index is -3.50. The summed E-state index contributed by atoms with van der Waals surface area (Å²) >= 11 is 0. The maximum Gasteiger partial charge on any atom is 0.247 e. The molecule has 0 aromatic carbocycles. The largest absolute Gasteiger partial charge is 0.375 e. The Morgan fingerprint density at radius 2 is 2.06 bits per heavy atom. The highest BCUT2D eigenvalue weighted by molar-refractivity contribution is 7.89. The lowest BCUT2D eigenvalue weighted by Gasteiger charge is -2.35. The van der Waals surface area contributed by atoms with Gasteiger partial charge in [-0.15, -0.1) is 0 Å². The Hall–Kier alpha value is -0.920. The van der Waals surface area contributed by atoms with Crippen molar-refractivity contribution in [2.75, 3.05) is 13.2 Å². The Morgan fingerprint density at radius 1 is 1.39 bits per heavy atom. The quantitative estimate of drug-likeness (QED) is 0.866. The van der Waals surface area contributed by atoms with Crippen molar-refractivity contribution in [3.8, 4) is 0 Å². The molecule has 6 nitrogen and oxygen atoms in total. The van der Waals surface area contributed by atoms with E-state index in [0.29, 0.717) is 29.4 Å². The van der Waals surface area contributed by atoms with Gasteiger partial charge in [0.1, 0.15) is 4.90 Å². The first-order chi connectivity index (χ1) is 8.34. The van der Waals surface area contributed by atoms with Gasteiger partial charge in [-0.25, -0.2) is 8.42 Å². The molecule has 0 radical (unpaired) electrons. The predicted molar refractivity (Wildman–Crippen MR) is 66.8 cm³/mol. The normalized spacial score (nSPS) is 26.4. The summed E-state index contributed by atoms with van der Waals surface area (Å²) < 4.78 is 32.3. The third-order valence-corrected chi connectivity index (χ3v) is 5.42. The van der Waals surface area contributed by atoms with Crippen molar-refractivity contribution in [1.29, 1.82) is 0 Å². The molecule has 102 valence electrons. The number of morpholine rings is 1. The molecule has 1 aromatic rings. The van der Waals surface area contributed by atoms with Crippen LogP contribution in [0.3, 0.4) is 0 Å². The highest BCUT2D eigenvalue weighted by Crippen LogP contribution is 2.25. The predicted octanol–water partition coefficient (Wildman–Crippen LogP) is 0.824. The SMILES string of the molecule is Cc1n[nH]c(C)c1S(=O)(=O)N1CC(C)OCC1C. The first-order valence-corrected chi connectivity index (χ1v) is 7.43. The third kappa shape index (κ3) is 2.17. The van der Waals surface area contributed by atoms with Gasteiger partial charge in [-0.1, -0.05) is 0 Å². The lowest BCUT2D eigenvalue weighted by Crippen LogP contribution is -2.50. The van der Waals surface area contributed by atoms with Gasteiger partial charge in [-0.3, -0.25) is 5.10 Å². The summed E-state index contributed by atoms with van der Waals surface area (Å²) in [6.45, 7) is 7.97. The molecular formula is C11H19N3O3S. The second-order valence-electron chi connectivity index (χ2n) is 4.83. The van der Waals surface area contributed by atoms with Crippen molar-refractivity contribution in [1.82, 2.24) is 14.5 Å². The minimum Gasteiger partial charge on any atom is -0.375 e. The molecular weight excluding hydrogens is 254 g/mol. The summed E-state index contributed by atoms with van der Waals surface area (Å²) in [6.07, 6.45) is -0.0801. The molecule has 2 heterocycles. The number of H-pyrrole nitrogens is 1. The van der Waals surface area contributed by atoms with Crippen molar-refractivity contribution in [3.05, 3.63) is 11.4 Å². The van der Waals surface area contributed by atoms with Crippen LogP contribution in [0.1, 0.15) is 25.2 Å². The Kier molecular flexibility index (Phi) is 3.48. The molecule has 1 saturated heterocycles. The molecule has 1 aromatic heterocycles. The molecule has 1 aliphatic rings. The smallest absolute Gasteiger partial charge is 0.247 e. The summed E-state index contributed by atoms with van der Waals surface area (Å²) in [4.78, 5) is 0.295. The van der Waals surface area contributed by atoms with Gasteiger partial charge in [0, 0.05) is 12.6 Å². The number of hydrogen-bond donors (Lipinski definition) is 1. The van der Waals surface area contributed by atoms with E-state index >= 15 is 0 Å². The van der Waals surface area contributed by atoms with Crippen LogP contribution in [0.4, 0.5) is 0 Å². The van der Waals surface area contributed by atoms with E-state index in [2.05, 4.69) is 10.2 Å². The first-order valence-electron chi connectivity index (χ1n) is 5.99. The topological polar surface area (TPSA) is 75.3 Å². The average molecular weight is 273 g/mol. The molecule has 7 heteroatoms. The van der Waals surface area contributed by atoms with Crippen molar-refractivity contribution in [2.24, 2.45) is 0 Å². The molecule has 0 aliphatic carbocycles. The van der Waals surface area contributed by atoms with Crippen LogP contribution < -0.4 is 0 Å². The Labute approximate surface area is 107 Å². The van der Waals surface area contributed by atoms with Crippen molar-refractivity contribution in [3.63, 3.8) is 0 Å². The van der Waals surface area contributed by atoms with Crippen LogP contribution in [-0.4, -0.2) is 48.2 Å². The summed E-state index contributed by atoms with van der Waals surface area (Å²) in [6, 6.07) is -0.153. The second kappa shape index (κ2) is 4.64. The Bertz CT molecular complexity index is 518. The summed E-state index contributed by atoms with van der Waals surface area (Å²) in [5.41, 5.74) is 1.10. The van der Waals surface area contributed by atoms with E-state index < -0.39 is 10.0 Å². The van der Waals surface area contributed by atoms with Gasteiger partial charge in [0.25, 0.3) is 0 Å². The van der Waals surface area contributed by atoms with Crippen LogP contribution in [-0.2, 0) is 14.8 Å². The number of nitrogens with one attached hydrogen (secondary N) is 1. The van der Waals surface area contributed by atoms with Crippen LogP contribution in [0.15, 0.2) is 4.90 Å². The van der Waals surface area contributed by atoms with E-state index in [1.165, 1.54) is 4.31 Å². The molecule has 2 rings (SSSR count). The van der Waals surface area contributed by atoms with Gasteiger partial charge in [0.05, 0.1) is 24.1 Å². The molecule has 0 amide bonds. The first kappa shape index (κ1) is 13.5. The van der Waals surface area contributed by atoms with Crippen molar-refractivity contribution < 1.29 is 13.2 Å². The molecule has 0 spiro atoms. The zero-order valence-electron chi connectivity index (χ0n) is 11.1. The van der Waals surface area contributed by atoms with Crippen LogP contribution in [0, 0.1) is 13.8 Å². The van der Waals surface area contributed by atoms with Crippen LogP contribution in [0.2, 0.25) is 0 Å². The summed E-state index contributed by atoms with van der Waals surface area (Å²) in [7, 11) is -3.50. The molecule has 0 bridgehead atoms. The van der Waals surface area contributed by atoms with E-state index in [1.54, 1.807) is 13.8 Å². The highest BCUT2D eigenvalue weighted by atomic mass is 32.2. The third-order valence-electron chi connectivity index (χ3n) is 3.18. The summed E-state index contributed by atoms with van der Waals surface area (Å²) in [5.74, 6) is 0. The fourth-order valence-electron chi connectivity index (χ4n) is 2.25. The zero-order valence-corrected chi connectivity index (χ0v) is 11.9. The molecule has 2 unspecified atom stereocenters. The molecule has 1 aliphatic heterocycles. The Morgan fingerprint density at radius 3 is 2.61 bits per heavy atom. The maximum atomic E-state index is 12.7. The number of rotatable bonds is 2. The molecule has 2 atom stereocenters. The lowest BCUT2D eigenvalue weighted by molar-refractivity contribution is -0.0170. The summed E-state index contributed by atoms with van der Waals surface area (Å²) in [5, 5.41) is 6.68. The van der Waals surface area contributed by atoms with Crippen molar-refractivity contribution >= 4 is 10.0 Å². The van der Waals surface area contributed by atoms with E-state index in [0.717, 1.165) is 0 Å². The standard InChI is InChI=1S/C11H19N3O3S/c1-7-6-17-8(2)5-14(7)18(15,16)11-9(3)12-13-10(11)4/h7-8H,5-6H2,1-4H3,(H,12,13). The van der Waals surface area contributed by atoms with Crippen LogP contribution >= 0.6 is 0 Å². The fraction of sp³-hybridized carbons (Fsp3) is 0.727. The van der Waals surface area contributed by atoms with Gasteiger partial charge in [0.15, 0.2) is 0 Å². The number of ether oxygens (including phenoxy) is 1. The molecule has 18 heavy (non-hydrogen) atoms. The zero-order chi connectivity index (χ0) is 13.5. The van der Waals surface area contributed by atoms with Gasteiger partial charge in [0.2, 0.25) is 10.0 Å². The number of aryl methyl sites for hydroxylation is 2. The van der Waals surface area contributed by atoms with Crippen molar-refractivity contribution in [2.45, 2.75) is 44.7 Å². The van der Waals surface area contributed by atoms with Gasteiger partial charge in [-0.2, -0.15) is 9.40 Å². The minimum absolute atomic E-state index is 0.0801. The monoisotopic (exact) mass is 273 g/mol. The highest BCUT2D eigenvalue weighted by Gasteiger charge is 2.36. The maximum absolute atomic E-state index is 12.7. The van der Waals surface area contributed by atoms with E-state index in [9.17, 15) is 8.42 Å². The van der Waals surface area contributed by atoms with Crippen LogP contribution in [0.5, 0.6) is 0 Å².